The van der Waals surface area contributed by atoms with Gasteiger partial charge in [0.1, 0.15) is 5.69 Å². The smallest absolute Gasteiger partial charge is 0.274 e. The van der Waals surface area contributed by atoms with Crippen molar-refractivity contribution in [2.75, 3.05) is 29.9 Å². The summed E-state index contributed by atoms with van der Waals surface area (Å²) in [6, 6.07) is 8.20. The van der Waals surface area contributed by atoms with Gasteiger partial charge in [-0.15, -0.1) is 0 Å². The highest BCUT2D eigenvalue weighted by molar-refractivity contribution is 6.30. The SMILES string of the molecule is CCN(CC)C(=O)c1cc(NC(=O)C2CC(=O)N(c3ccc(Cl)cc3)C2)c(=O)n(C)c1. The lowest BCUT2D eigenvalue weighted by atomic mass is 10.1. The molecule has 0 bridgehead atoms. The predicted octanol–water partition coefficient (Wildman–Crippen LogP) is 2.51. The molecule has 164 valence electrons. The van der Waals surface area contributed by atoms with E-state index in [0.717, 1.165) is 0 Å². The maximum Gasteiger partial charge on any atom is 0.274 e. The minimum atomic E-state index is -0.616. The fraction of sp³-hybridized carbons (Fsp3) is 0.364. The van der Waals surface area contributed by atoms with Crippen LogP contribution in [-0.4, -0.2) is 46.8 Å². The van der Waals surface area contributed by atoms with Crippen LogP contribution in [0.15, 0.2) is 41.3 Å². The van der Waals surface area contributed by atoms with Crippen LogP contribution in [0.3, 0.4) is 0 Å². The zero-order chi connectivity index (χ0) is 22.7. The molecule has 1 aliphatic rings. The summed E-state index contributed by atoms with van der Waals surface area (Å²) in [5.41, 5.74) is 0.560. The third-order valence-electron chi connectivity index (χ3n) is 5.37. The van der Waals surface area contributed by atoms with E-state index in [-0.39, 0.29) is 30.5 Å². The van der Waals surface area contributed by atoms with Gasteiger partial charge >= 0.3 is 0 Å². The fourth-order valence-corrected chi connectivity index (χ4v) is 3.73. The first-order valence-corrected chi connectivity index (χ1v) is 10.5. The van der Waals surface area contributed by atoms with Gasteiger partial charge < -0.3 is 19.7 Å². The second-order valence-electron chi connectivity index (χ2n) is 7.41. The molecular formula is C22H25ClN4O4. The Kier molecular flexibility index (Phi) is 6.80. The van der Waals surface area contributed by atoms with Gasteiger partial charge in [0.05, 0.1) is 11.5 Å². The molecule has 3 rings (SSSR count). The molecule has 0 spiro atoms. The number of aromatic nitrogens is 1. The van der Waals surface area contributed by atoms with Crippen molar-refractivity contribution < 1.29 is 14.4 Å². The molecule has 1 unspecified atom stereocenters. The maximum absolute atomic E-state index is 12.8. The molecule has 1 atom stereocenters. The zero-order valence-corrected chi connectivity index (χ0v) is 18.5. The Balaban J connectivity index is 1.78. The second kappa shape index (κ2) is 9.34. The Morgan fingerprint density at radius 1 is 1.16 bits per heavy atom. The number of carbonyl (C=O) groups is 3. The minimum Gasteiger partial charge on any atom is -0.339 e. The Hall–Kier alpha value is -3.13. The van der Waals surface area contributed by atoms with E-state index in [0.29, 0.717) is 29.4 Å². The second-order valence-corrected chi connectivity index (χ2v) is 7.84. The van der Waals surface area contributed by atoms with E-state index in [1.165, 1.54) is 28.8 Å². The number of halogens is 1. The molecule has 1 aromatic carbocycles. The van der Waals surface area contributed by atoms with E-state index in [9.17, 15) is 19.2 Å². The third-order valence-corrected chi connectivity index (χ3v) is 5.62. The van der Waals surface area contributed by atoms with Gasteiger partial charge in [-0.2, -0.15) is 0 Å². The topological polar surface area (TPSA) is 91.7 Å². The van der Waals surface area contributed by atoms with Gasteiger partial charge in [0.15, 0.2) is 0 Å². The van der Waals surface area contributed by atoms with E-state index in [4.69, 9.17) is 11.6 Å². The van der Waals surface area contributed by atoms with Crippen LogP contribution in [0.4, 0.5) is 11.4 Å². The molecule has 1 aliphatic heterocycles. The molecule has 0 saturated carbocycles. The summed E-state index contributed by atoms with van der Waals surface area (Å²) in [5, 5.41) is 3.18. The zero-order valence-electron chi connectivity index (χ0n) is 17.7. The lowest BCUT2D eigenvalue weighted by Crippen LogP contribution is -2.33. The van der Waals surface area contributed by atoms with Crippen molar-refractivity contribution in [1.29, 1.82) is 0 Å². The number of rotatable bonds is 6. The number of hydrogen-bond acceptors (Lipinski definition) is 4. The van der Waals surface area contributed by atoms with Crippen LogP contribution in [0.25, 0.3) is 0 Å². The maximum atomic E-state index is 12.8. The first-order chi connectivity index (χ1) is 14.7. The summed E-state index contributed by atoms with van der Waals surface area (Å²) in [4.78, 5) is 53.6. The van der Waals surface area contributed by atoms with Crippen LogP contribution >= 0.6 is 11.6 Å². The normalized spacial score (nSPS) is 15.8. The standard InChI is InChI=1S/C22H25ClN4O4/c1-4-26(5-2)21(30)15-10-18(22(31)25(3)12-15)24-20(29)14-11-19(28)27(13-14)17-8-6-16(23)7-9-17/h6-10,12,14H,4-5,11,13H2,1-3H3,(H,24,29). The molecule has 1 fully saturated rings. The molecule has 2 aromatic rings. The highest BCUT2D eigenvalue weighted by Crippen LogP contribution is 2.27. The first kappa shape index (κ1) is 22.6. The Labute approximate surface area is 185 Å². The number of carbonyl (C=O) groups excluding carboxylic acids is 3. The molecular weight excluding hydrogens is 420 g/mol. The number of benzene rings is 1. The van der Waals surface area contributed by atoms with Crippen LogP contribution in [0.5, 0.6) is 0 Å². The van der Waals surface area contributed by atoms with Gasteiger partial charge in [0.2, 0.25) is 11.8 Å². The average molecular weight is 445 g/mol. The van der Waals surface area contributed by atoms with Crippen molar-refractivity contribution in [2.24, 2.45) is 13.0 Å². The Morgan fingerprint density at radius 2 is 1.81 bits per heavy atom. The predicted molar refractivity (Wildman–Crippen MR) is 119 cm³/mol. The van der Waals surface area contributed by atoms with E-state index in [2.05, 4.69) is 5.32 Å². The summed E-state index contributed by atoms with van der Waals surface area (Å²) >= 11 is 5.90. The lowest BCUT2D eigenvalue weighted by molar-refractivity contribution is -0.122. The van der Waals surface area contributed by atoms with Crippen molar-refractivity contribution in [3.8, 4) is 0 Å². The molecule has 9 heteroatoms. The molecule has 1 N–H and O–H groups in total. The number of nitrogens with zero attached hydrogens (tertiary/aromatic N) is 3. The molecule has 1 aromatic heterocycles. The van der Waals surface area contributed by atoms with E-state index in [1.807, 2.05) is 13.8 Å². The van der Waals surface area contributed by atoms with Crippen LogP contribution in [0, 0.1) is 5.92 Å². The molecule has 8 nitrogen and oxygen atoms in total. The number of hydrogen-bond donors (Lipinski definition) is 1. The summed E-state index contributed by atoms with van der Waals surface area (Å²) < 4.78 is 1.27. The van der Waals surface area contributed by atoms with Crippen molar-refractivity contribution >= 4 is 40.7 Å². The Bertz CT molecular complexity index is 1060. The molecule has 0 radical (unpaired) electrons. The quantitative estimate of drug-likeness (QED) is 0.741. The van der Waals surface area contributed by atoms with Crippen LogP contribution in [0.2, 0.25) is 5.02 Å². The molecule has 1 saturated heterocycles. The fourth-order valence-electron chi connectivity index (χ4n) is 3.60. The van der Waals surface area contributed by atoms with Gasteiger partial charge in [0, 0.05) is 50.0 Å². The summed E-state index contributed by atoms with van der Waals surface area (Å²) in [6.07, 6.45) is 1.49. The van der Waals surface area contributed by atoms with Gasteiger partial charge in [-0.25, -0.2) is 0 Å². The minimum absolute atomic E-state index is 0.0166. The summed E-state index contributed by atoms with van der Waals surface area (Å²) in [7, 11) is 1.53. The van der Waals surface area contributed by atoms with Crippen LogP contribution in [0.1, 0.15) is 30.6 Å². The van der Waals surface area contributed by atoms with Crippen molar-refractivity contribution in [2.45, 2.75) is 20.3 Å². The third kappa shape index (κ3) is 4.80. The monoisotopic (exact) mass is 444 g/mol. The summed E-state index contributed by atoms with van der Waals surface area (Å²) in [6.45, 7) is 5.01. The van der Waals surface area contributed by atoms with Crippen molar-refractivity contribution in [3.63, 3.8) is 0 Å². The molecule has 2 heterocycles. The Morgan fingerprint density at radius 3 is 2.42 bits per heavy atom. The van der Waals surface area contributed by atoms with Crippen LogP contribution < -0.4 is 15.8 Å². The average Bonchev–Trinajstić information content (AvgIpc) is 3.14. The van der Waals surface area contributed by atoms with Crippen molar-refractivity contribution in [3.05, 3.63) is 57.5 Å². The highest BCUT2D eigenvalue weighted by atomic mass is 35.5. The largest absolute Gasteiger partial charge is 0.339 e. The van der Waals surface area contributed by atoms with Crippen molar-refractivity contribution in [1.82, 2.24) is 9.47 Å². The van der Waals surface area contributed by atoms with Gasteiger partial charge in [0.25, 0.3) is 11.5 Å². The van der Waals surface area contributed by atoms with E-state index in [1.54, 1.807) is 29.2 Å². The molecule has 31 heavy (non-hydrogen) atoms. The highest BCUT2D eigenvalue weighted by Gasteiger charge is 2.35. The van der Waals surface area contributed by atoms with Crippen LogP contribution in [-0.2, 0) is 16.6 Å². The number of amides is 3. The first-order valence-electron chi connectivity index (χ1n) is 10.1. The number of aryl methyl sites for hydroxylation is 1. The lowest BCUT2D eigenvalue weighted by Gasteiger charge is -2.20. The summed E-state index contributed by atoms with van der Waals surface area (Å²) in [5.74, 6) is -1.45. The van der Waals surface area contributed by atoms with Gasteiger partial charge in [-0.1, -0.05) is 11.6 Å². The number of nitrogens with one attached hydrogen (secondary N) is 1. The van der Waals surface area contributed by atoms with Gasteiger partial charge in [-0.05, 0) is 44.2 Å². The number of anilines is 2. The molecule has 3 amide bonds. The van der Waals surface area contributed by atoms with E-state index >= 15 is 0 Å². The van der Waals surface area contributed by atoms with Gasteiger partial charge in [-0.3, -0.25) is 19.2 Å². The number of pyridine rings is 1. The van der Waals surface area contributed by atoms with E-state index < -0.39 is 17.4 Å². The molecule has 0 aliphatic carbocycles.